The highest BCUT2D eigenvalue weighted by Crippen LogP contribution is 2.38. The first-order chi connectivity index (χ1) is 28.0. The van der Waals surface area contributed by atoms with Crippen LogP contribution in [-0.4, -0.2) is 68.5 Å². The Morgan fingerprint density at radius 2 is 0.948 bits per heavy atom. The second kappa shape index (κ2) is 41.6. The Hall–Kier alpha value is -0.760. The molecule has 0 aromatic heterocycles. The van der Waals surface area contributed by atoms with Crippen LogP contribution in [0.15, 0.2) is 12.2 Å². The SMILES string of the molecule is CCCCCCCC/C=C/CCCCCCCCCCCC(=O)N[C@@H](COP(=O)([O-])OCC[N+](C)(C)C)[C@H](O)CCCCCCCCCCCCCCCCCCC. The number of hydrogen-bond acceptors (Lipinski definition) is 6. The van der Waals surface area contributed by atoms with E-state index in [4.69, 9.17) is 9.05 Å². The lowest BCUT2D eigenvalue weighted by molar-refractivity contribution is -0.870. The van der Waals surface area contributed by atoms with Crippen LogP contribution in [0, 0.1) is 0 Å². The number of aliphatic hydroxyl groups excluding tert-OH is 1. The summed E-state index contributed by atoms with van der Waals surface area (Å²) in [6, 6.07) is -0.798. The van der Waals surface area contributed by atoms with E-state index in [1.165, 1.54) is 180 Å². The van der Waals surface area contributed by atoms with E-state index in [1.807, 2.05) is 21.1 Å². The highest BCUT2D eigenvalue weighted by molar-refractivity contribution is 7.45. The molecule has 58 heavy (non-hydrogen) atoms. The fourth-order valence-corrected chi connectivity index (χ4v) is 8.23. The third-order valence-electron chi connectivity index (χ3n) is 11.5. The molecule has 0 aromatic carbocycles. The summed E-state index contributed by atoms with van der Waals surface area (Å²) >= 11 is 0. The fraction of sp³-hybridized carbons (Fsp3) is 0.939. The third kappa shape index (κ3) is 43.3. The lowest BCUT2D eigenvalue weighted by Gasteiger charge is -2.30. The maximum absolute atomic E-state index is 12.9. The molecular formula is C49H99N2O6P. The Bertz CT molecular complexity index is 958. The Morgan fingerprint density at radius 3 is 1.34 bits per heavy atom. The molecule has 3 atom stereocenters. The molecule has 0 saturated heterocycles. The zero-order chi connectivity index (χ0) is 42.8. The first-order valence-electron chi connectivity index (χ1n) is 25.0. The minimum Gasteiger partial charge on any atom is -0.756 e. The number of unbranched alkanes of at least 4 members (excludes halogenated alkanes) is 31. The van der Waals surface area contributed by atoms with Crippen molar-refractivity contribution in [3.63, 3.8) is 0 Å². The number of carbonyl (C=O) groups is 1. The van der Waals surface area contributed by atoms with E-state index >= 15 is 0 Å². The van der Waals surface area contributed by atoms with Gasteiger partial charge < -0.3 is 28.8 Å². The van der Waals surface area contributed by atoms with Gasteiger partial charge in [-0.25, -0.2) is 0 Å². The summed E-state index contributed by atoms with van der Waals surface area (Å²) in [5, 5.41) is 14.0. The Balaban J connectivity index is 4.27. The lowest BCUT2D eigenvalue weighted by Crippen LogP contribution is -2.46. The van der Waals surface area contributed by atoms with Crippen LogP contribution in [0.2, 0.25) is 0 Å². The molecule has 0 heterocycles. The van der Waals surface area contributed by atoms with E-state index in [9.17, 15) is 19.4 Å². The van der Waals surface area contributed by atoms with Gasteiger partial charge in [-0.3, -0.25) is 9.36 Å². The van der Waals surface area contributed by atoms with Gasteiger partial charge in [0.15, 0.2) is 0 Å². The molecule has 0 aliphatic carbocycles. The normalized spacial score (nSPS) is 14.3. The van der Waals surface area contributed by atoms with Crippen LogP contribution in [0.4, 0.5) is 0 Å². The van der Waals surface area contributed by atoms with Crippen LogP contribution < -0.4 is 10.2 Å². The minimum atomic E-state index is -4.56. The van der Waals surface area contributed by atoms with Crippen molar-refractivity contribution in [3.8, 4) is 0 Å². The van der Waals surface area contributed by atoms with Crippen LogP contribution in [0.3, 0.4) is 0 Å². The summed E-state index contributed by atoms with van der Waals surface area (Å²) in [7, 11) is 1.31. The van der Waals surface area contributed by atoms with Crippen LogP contribution in [-0.2, 0) is 18.4 Å². The Morgan fingerprint density at radius 1 is 0.586 bits per heavy atom. The van der Waals surface area contributed by atoms with Gasteiger partial charge in [0.1, 0.15) is 13.2 Å². The molecule has 9 heteroatoms. The zero-order valence-corrected chi connectivity index (χ0v) is 40.2. The third-order valence-corrected chi connectivity index (χ3v) is 12.5. The second-order valence-electron chi connectivity index (χ2n) is 18.5. The molecule has 0 aromatic rings. The molecule has 346 valence electrons. The number of carbonyl (C=O) groups excluding carboxylic acids is 1. The largest absolute Gasteiger partial charge is 0.756 e. The predicted molar refractivity (Wildman–Crippen MR) is 247 cm³/mol. The van der Waals surface area contributed by atoms with Gasteiger partial charge in [0.25, 0.3) is 7.82 Å². The number of likely N-dealkylation sites (N-methyl/N-ethyl adjacent to an activating group) is 1. The van der Waals surface area contributed by atoms with Crippen molar-refractivity contribution in [1.29, 1.82) is 0 Å². The second-order valence-corrected chi connectivity index (χ2v) is 19.9. The van der Waals surface area contributed by atoms with Gasteiger partial charge in [-0.15, -0.1) is 0 Å². The molecule has 0 radical (unpaired) electrons. The molecule has 2 N–H and O–H groups in total. The van der Waals surface area contributed by atoms with Gasteiger partial charge in [0.2, 0.25) is 5.91 Å². The molecule has 0 saturated carbocycles. The van der Waals surface area contributed by atoms with Gasteiger partial charge in [-0.1, -0.05) is 212 Å². The summed E-state index contributed by atoms with van der Waals surface area (Å²) in [5.41, 5.74) is 0. The lowest BCUT2D eigenvalue weighted by atomic mass is 10.0. The van der Waals surface area contributed by atoms with E-state index in [0.717, 1.165) is 38.5 Å². The van der Waals surface area contributed by atoms with Crippen molar-refractivity contribution in [2.45, 2.75) is 257 Å². The van der Waals surface area contributed by atoms with Crippen LogP contribution in [0.5, 0.6) is 0 Å². The number of quaternary nitrogens is 1. The molecule has 0 aliphatic rings. The summed E-state index contributed by atoms with van der Waals surface area (Å²) in [5.74, 6) is -0.164. The highest BCUT2D eigenvalue weighted by atomic mass is 31.2. The Kier molecular flexibility index (Phi) is 41.0. The van der Waals surface area contributed by atoms with Gasteiger partial charge in [0, 0.05) is 6.42 Å². The maximum atomic E-state index is 12.9. The monoisotopic (exact) mass is 843 g/mol. The fourth-order valence-electron chi connectivity index (χ4n) is 7.51. The first kappa shape index (κ1) is 57.2. The minimum absolute atomic E-state index is 0.0140. The molecule has 0 spiro atoms. The van der Waals surface area contributed by atoms with Crippen LogP contribution in [0.1, 0.15) is 245 Å². The number of nitrogens with one attached hydrogen (secondary N) is 1. The van der Waals surface area contributed by atoms with Gasteiger partial charge in [0.05, 0.1) is 39.9 Å². The quantitative estimate of drug-likeness (QED) is 0.0273. The smallest absolute Gasteiger partial charge is 0.268 e. The molecule has 0 aliphatic heterocycles. The number of allylic oxidation sites excluding steroid dienone is 2. The number of nitrogens with zero attached hydrogens (tertiary/aromatic N) is 1. The summed E-state index contributed by atoms with van der Waals surface area (Å²) in [6.07, 6.45) is 47.8. The number of phosphoric acid groups is 1. The first-order valence-corrected chi connectivity index (χ1v) is 26.5. The molecule has 0 bridgehead atoms. The van der Waals surface area contributed by atoms with E-state index in [1.54, 1.807) is 0 Å². The van der Waals surface area contributed by atoms with Crippen molar-refractivity contribution in [1.82, 2.24) is 5.32 Å². The summed E-state index contributed by atoms with van der Waals surface area (Å²) in [6.45, 7) is 4.74. The highest BCUT2D eigenvalue weighted by Gasteiger charge is 2.24. The van der Waals surface area contributed by atoms with Crippen molar-refractivity contribution in [2.24, 2.45) is 0 Å². The van der Waals surface area contributed by atoms with Crippen molar-refractivity contribution < 1.29 is 32.9 Å². The summed E-state index contributed by atoms with van der Waals surface area (Å²) in [4.78, 5) is 25.4. The molecule has 8 nitrogen and oxygen atoms in total. The Labute approximate surface area is 361 Å². The van der Waals surface area contributed by atoms with Gasteiger partial charge >= 0.3 is 0 Å². The molecule has 0 fully saturated rings. The van der Waals surface area contributed by atoms with E-state index in [0.29, 0.717) is 23.9 Å². The number of aliphatic hydroxyl groups is 1. The van der Waals surface area contributed by atoms with Crippen LogP contribution >= 0.6 is 7.82 Å². The average Bonchev–Trinajstić information content (AvgIpc) is 3.17. The number of hydrogen-bond donors (Lipinski definition) is 2. The number of phosphoric ester groups is 1. The average molecular weight is 843 g/mol. The van der Waals surface area contributed by atoms with Crippen molar-refractivity contribution in [2.75, 3.05) is 40.9 Å². The van der Waals surface area contributed by atoms with Gasteiger partial charge in [-0.2, -0.15) is 0 Å². The molecule has 1 unspecified atom stereocenters. The number of rotatable bonds is 46. The van der Waals surface area contributed by atoms with E-state index < -0.39 is 20.0 Å². The van der Waals surface area contributed by atoms with Crippen LogP contribution in [0.25, 0.3) is 0 Å². The van der Waals surface area contributed by atoms with E-state index in [-0.39, 0.29) is 19.1 Å². The van der Waals surface area contributed by atoms with Gasteiger partial charge in [-0.05, 0) is 38.5 Å². The topological polar surface area (TPSA) is 108 Å². The molecule has 0 rings (SSSR count). The summed E-state index contributed by atoms with van der Waals surface area (Å²) < 4.78 is 23.3. The zero-order valence-electron chi connectivity index (χ0n) is 39.3. The van der Waals surface area contributed by atoms with E-state index in [2.05, 4.69) is 31.3 Å². The standard InChI is InChI=1S/C49H99N2O6P/c1-6-8-10-12-14-16-18-20-22-24-25-27-29-31-33-35-37-39-41-43-49(53)50-47(46-57-58(54,55)56-45-44-51(3,4)5)48(52)42-40-38-36-34-32-30-28-26-23-21-19-17-15-13-11-9-7-2/h20,22,47-48,52H,6-19,21,23-46H2,1-5H3,(H-,50,53,54,55)/b22-20+/t47-,48+/m0/s1. The van der Waals surface area contributed by atoms with Crippen molar-refractivity contribution in [3.05, 3.63) is 12.2 Å². The number of amides is 1. The maximum Gasteiger partial charge on any atom is 0.268 e. The molecular weight excluding hydrogens is 744 g/mol. The molecule has 1 amide bonds. The van der Waals surface area contributed by atoms with Crippen molar-refractivity contribution >= 4 is 13.7 Å². The predicted octanol–water partition coefficient (Wildman–Crippen LogP) is 13.7.